The van der Waals surface area contributed by atoms with Crippen molar-refractivity contribution in [2.75, 3.05) is 30.5 Å². The molecule has 29 heavy (non-hydrogen) atoms. The topological polar surface area (TPSA) is 111 Å². The van der Waals surface area contributed by atoms with E-state index < -0.39 is 10.8 Å². The van der Waals surface area contributed by atoms with Crippen molar-refractivity contribution in [3.8, 4) is 11.5 Å². The zero-order valence-corrected chi connectivity index (χ0v) is 16.4. The number of rotatable bonds is 6. The fraction of sp³-hybridized carbons (Fsp3) is 0.300. The number of hydrogen-bond acceptors (Lipinski definition) is 6. The first-order valence-corrected chi connectivity index (χ1v) is 9.07. The molecule has 0 atom stereocenters. The largest absolute Gasteiger partial charge is 0.493 e. The standard InChI is InChI=1S/C20H21N3O6/c1-4-29-19-11-17(23(26)27)15(10-18(19)28-3)20(25)21-14-5-6-16-13(9-14)7-8-22(16)12(2)24/h5-6,9-11H,4,7-8H2,1-3H3,(H,21,25). The van der Waals surface area contributed by atoms with Crippen molar-refractivity contribution in [1.29, 1.82) is 0 Å². The van der Waals surface area contributed by atoms with Crippen LogP contribution in [0.15, 0.2) is 30.3 Å². The fourth-order valence-corrected chi connectivity index (χ4v) is 3.31. The first kappa shape index (κ1) is 20.1. The number of carbonyl (C=O) groups excluding carboxylic acids is 2. The van der Waals surface area contributed by atoms with Crippen LogP contribution in [0, 0.1) is 10.1 Å². The molecule has 1 N–H and O–H groups in total. The van der Waals surface area contributed by atoms with Crippen LogP contribution in [-0.4, -0.2) is 37.0 Å². The Balaban J connectivity index is 1.91. The third-order valence-corrected chi connectivity index (χ3v) is 4.64. The Morgan fingerprint density at radius 2 is 2.00 bits per heavy atom. The second-order valence-electron chi connectivity index (χ2n) is 6.43. The Bertz CT molecular complexity index is 988. The molecule has 0 saturated heterocycles. The van der Waals surface area contributed by atoms with Gasteiger partial charge in [-0.25, -0.2) is 0 Å². The lowest BCUT2D eigenvalue weighted by molar-refractivity contribution is -0.385. The van der Waals surface area contributed by atoms with Gasteiger partial charge in [0.15, 0.2) is 11.5 Å². The average molecular weight is 399 g/mol. The van der Waals surface area contributed by atoms with E-state index >= 15 is 0 Å². The Hall–Kier alpha value is -3.62. The maximum atomic E-state index is 12.8. The third kappa shape index (κ3) is 3.98. The van der Waals surface area contributed by atoms with Crippen LogP contribution in [0.3, 0.4) is 0 Å². The van der Waals surface area contributed by atoms with Gasteiger partial charge in [-0.3, -0.25) is 19.7 Å². The van der Waals surface area contributed by atoms with Crippen molar-refractivity contribution in [1.82, 2.24) is 0 Å². The molecule has 0 aliphatic carbocycles. The van der Waals surface area contributed by atoms with Gasteiger partial charge >= 0.3 is 0 Å². The van der Waals surface area contributed by atoms with E-state index in [1.807, 2.05) is 0 Å². The molecule has 1 heterocycles. The average Bonchev–Trinajstić information content (AvgIpc) is 3.11. The summed E-state index contributed by atoms with van der Waals surface area (Å²) in [5.41, 5.74) is 1.71. The molecule has 1 aliphatic heterocycles. The van der Waals surface area contributed by atoms with Crippen LogP contribution in [0.4, 0.5) is 17.1 Å². The van der Waals surface area contributed by atoms with Crippen LogP contribution < -0.4 is 19.7 Å². The van der Waals surface area contributed by atoms with Crippen LogP contribution in [0.1, 0.15) is 29.8 Å². The Labute approximate surface area is 167 Å². The summed E-state index contributed by atoms with van der Waals surface area (Å²) in [4.78, 5) is 37.0. The molecule has 0 spiro atoms. The smallest absolute Gasteiger partial charge is 0.286 e. The van der Waals surface area contributed by atoms with Crippen molar-refractivity contribution < 1.29 is 24.0 Å². The molecule has 0 fully saturated rings. The minimum Gasteiger partial charge on any atom is -0.493 e. The fourth-order valence-electron chi connectivity index (χ4n) is 3.31. The van der Waals surface area contributed by atoms with Gasteiger partial charge in [-0.1, -0.05) is 0 Å². The number of methoxy groups -OCH3 is 1. The van der Waals surface area contributed by atoms with Crippen LogP contribution >= 0.6 is 0 Å². The SMILES string of the molecule is CCOc1cc([N+](=O)[O-])c(C(=O)Nc2ccc3c(c2)CCN3C(C)=O)cc1OC. The number of nitrogens with zero attached hydrogens (tertiary/aromatic N) is 2. The van der Waals surface area contributed by atoms with Gasteiger partial charge in [0.1, 0.15) is 5.56 Å². The second kappa shape index (κ2) is 8.17. The van der Waals surface area contributed by atoms with Gasteiger partial charge in [-0.2, -0.15) is 0 Å². The van der Waals surface area contributed by atoms with Crippen LogP contribution in [0.2, 0.25) is 0 Å². The zero-order chi connectivity index (χ0) is 21.1. The van der Waals surface area contributed by atoms with Crippen molar-refractivity contribution in [2.45, 2.75) is 20.3 Å². The second-order valence-corrected chi connectivity index (χ2v) is 6.43. The van der Waals surface area contributed by atoms with E-state index in [1.165, 1.54) is 26.2 Å². The minimum atomic E-state index is -0.639. The number of hydrogen-bond donors (Lipinski definition) is 1. The first-order chi connectivity index (χ1) is 13.8. The number of amides is 2. The van der Waals surface area contributed by atoms with Gasteiger partial charge in [0, 0.05) is 30.9 Å². The Morgan fingerprint density at radius 3 is 2.62 bits per heavy atom. The molecule has 0 bridgehead atoms. The molecule has 9 nitrogen and oxygen atoms in total. The van der Waals surface area contributed by atoms with Gasteiger partial charge in [0.25, 0.3) is 11.6 Å². The van der Waals surface area contributed by atoms with E-state index in [0.717, 1.165) is 11.3 Å². The molecule has 152 valence electrons. The van der Waals surface area contributed by atoms with Crippen LogP contribution in [0.25, 0.3) is 0 Å². The number of nitro benzene ring substituents is 1. The number of nitro groups is 1. The van der Waals surface area contributed by atoms with Gasteiger partial charge in [-0.05, 0) is 37.1 Å². The quantitative estimate of drug-likeness (QED) is 0.590. The summed E-state index contributed by atoms with van der Waals surface area (Å²) in [5, 5.41) is 14.2. The van der Waals surface area contributed by atoms with Gasteiger partial charge in [0.05, 0.1) is 24.7 Å². The molecule has 1 aliphatic rings. The molecule has 9 heteroatoms. The van der Waals surface area contributed by atoms with E-state index in [2.05, 4.69) is 5.32 Å². The molecule has 0 radical (unpaired) electrons. The molecule has 2 amide bonds. The first-order valence-electron chi connectivity index (χ1n) is 9.07. The lowest BCUT2D eigenvalue weighted by atomic mass is 10.1. The highest BCUT2D eigenvalue weighted by atomic mass is 16.6. The molecule has 2 aromatic rings. The Kier molecular flexibility index (Phi) is 5.67. The zero-order valence-electron chi connectivity index (χ0n) is 16.4. The highest BCUT2D eigenvalue weighted by molar-refractivity contribution is 6.08. The summed E-state index contributed by atoms with van der Waals surface area (Å²) in [6, 6.07) is 7.67. The lowest BCUT2D eigenvalue weighted by Gasteiger charge is -2.15. The Morgan fingerprint density at radius 1 is 1.24 bits per heavy atom. The predicted octanol–water partition coefficient (Wildman–Crippen LogP) is 3.16. The van der Waals surface area contributed by atoms with Crippen LogP contribution in [0.5, 0.6) is 11.5 Å². The van der Waals surface area contributed by atoms with Gasteiger partial charge in [-0.15, -0.1) is 0 Å². The highest BCUT2D eigenvalue weighted by Crippen LogP contribution is 2.36. The summed E-state index contributed by atoms with van der Waals surface area (Å²) >= 11 is 0. The number of nitrogens with one attached hydrogen (secondary N) is 1. The number of carbonyl (C=O) groups is 2. The summed E-state index contributed by atoms with van der Waals surface area (Å²) in [5.74, 6) is -0.258. The predicted molar refractivity (Wildman–Crippen MR) is 107 cm³/mol. The summed E-state index contributed by atoms with van der Waals surface area (Å²) in [7, 11) is 1.40. The monoisotopic (exact) mass is 399 g/mol. The maximum Gasteiger partial charge on any atom is 0.286 e. The molecule has 0 saturated carbocycles. The van der Waals surface area contributed by atoms with Crippen LogP contribution in [-0.2, 0) is 11.2 Å². The number of benzene rings is 2. The van der Waals surface area contributed by atoms with E-state index in [0.29, 0.717) is 25.3 Å². The summed E-state index contributed by atoms with van der Waals surface area (Å²) in [6.45, 7) is 4.13. The van der Waals surface area contributed by atoms with Crippen molar-refractivity contribution >= 4 is 28.9 Å². The van der Waals surface area contributed by atoms with E-state index in [-0.39, 0.29) is 28.7 Å². The lowest BCUT2D eigenvalue weighted by Crippen LogP contribution is -2.25. The number of ether oxygens (including phenoxy) is 2. The molecule has 3 rings (SSSR count). The van der Waals surface area contributed by atoms with Crippen molar-refractivity contribution in [3.63, 3.8) is 0 Å². The van der Waals surface area contributed by atoms with Gasteiger partial charge < -0.3 is 19.7 Å². The number of fused-ring (bicyclic) bond motifs is 1. The molecule has 2 aromatic carbocycles. The third-order valence-electron chi connectivity index (χ3n) is 4.64. The minimum absolute atomic E-state index is 0.0438. The number of anilines is 2. The molecular weight excluding hydrogens is 378 g/mol. The molecule has 0 aromatic heterocycles. The van der Waals surface area contributed by atoms with Crippen molar-refractivity contribution in [3.05, 3.63) is 51.6 Å². The highest BCUT2D eigenvalue weighted by Gasteiger charge is 2.26. The molecule has 0 unspecified atom stereocenters. The molecular formula is C20H21N3O6. The van der Waals surface area contributed by atoms with Crippen molar-refractivity contribution in [2.24, 2.45) is 0 Å². The van der Waals surface area contributed by atoms with E-state index in [9.17, 15) is 19.7 Å². The summed E-state index contributed by atoms with van der Waals surface area (Å²) < 4.78 is 10.6. The van der Waals surface area contributed by atoms with E-state index in [1.54, 1.807) is 30.0 Å². The summed E-state index contributed by atoms with van der Waals surface area (Å²) in [6.07, 6.45) is 0.676. The normalized spacial score (nSPS) is 12.3. The van der Waals surface area contributed by atoms with Gasteiger partial charge in [0.2, 0.25) is 5.91 Å². The maximum absolute atomic E-state index is 12.8. The van der Waals surface area contributed by atoms with E-state index in [4.69, 9.17) is 9.47 Å².